The molecule has 9 nitrogen and oxygen atoms in total. The molecule has 0 aromatic heterocycles. The molecule has 0 saturated carbocycles. The Morgan fingerprint density at radius 3 is 2.53 bits per heavy atom. The fraction of sp³-hybridized carbons (Fsp3) is 0.276. The lowest BCUT2D eigenvalue weighted by molar-refractivity contribution is -0.143. The summed E-state index contributed by atoms with van der Waals surface area (Å²) < 4.78 is 10.9. The summed E-state index contributed by atoms with van der Waals surface area (Å²) in [5.41, 5.74) is 2.55. The zero-order valence-electron chi connectivity index (χ0n) is 20.6. The third-order valence-corrected chi connectivity index (χ3v) is 8.13. The van der Waals surface area contributed by atoms with E-state index in [1.165, 1.54) is 4.90 Å². The third-order valence-electron chi connectivity index (χ3n) is 8.13. The summed E-state index contributed by atoms with van der Waals surface area (Å²) in [6, 6.07) is 17.3. The molecule has 4 heterocycles. The predicted molar refractivity (Wildman–Crippen MR) is 135 cm³/mol. The first-order valence-corrected chi connectivity index (χ1v) is 12.6. The number of nitrogens with zero attached hydrogens (tertiary/aromatic N) is 1. The van der Waals surface area contributed by atoms with Crippen LogP contribution in [0.25, 0.3) is 0 Å². The first kappa shape index (κ1) is 22.8. The summed E-state index contributed by atoms with van der Waals surface area (Å²) in [4.78, 5) is 43.0. The van der Waals surface area contributed by atoms with Crippen LogP contribution in [-0.4, -0.2) is 40.6 Å². The Morgan fingerprint density at radius 1 is 0.947 bits per heavy atom. The van der Waals surface area contributed by atoms with E-state index in [0.717, 1.165) is 16.7 Å². The number of imide groups is 1. The number of aromatic hydroxyl groups is 1. The van der Waals surface area contributed by atoms with E-state index >= 15 is 0 Å². The van der Waals surface area contributed by atoms with Gasteiger partial charge in [-0.25, -0.2) is 0 Å². The predicted octanol–water partition coefficient (Wildman–Crippen LogP) is 2.59. The van der Waals surface area contributed by atoms with Gasteiger partial charge in [-0.2, -0.15) is 0 Å². The van der Waals surface area contributed by atoms with Crippen molar-refractivity contribution in [2.75, 3.05) is 12.1 Å². The highest BCUT2D eigenvalue weighted by atomic mass is 16.7. The number of phenols is 1. The van der Waals surface area contributed by atoms with Crippen molar-refractivity contribution in [2.45, 2.75) is 31.5 Å². The van der Waals surface area contributed by atoms with Gasteiger partial charge in [0.1, 0.15) is 11.3 Å². The average molecular weight is 512 g/mol. The molecule has 192 valence electrons. The maximum Gasteiger partial charge on any atom is 0.250 e. The number of phenolic OH excluding ortho intramolecular Hbond substituents is 1. The molecule has 7 rings (SSSR count). The molecule has 3 aromatic rings. The molecule has 0 bridgehead atoms. The van der Waals surface area contributed by atoms with Crippen LogP contribution in [0.3, 0.4) is 0 Å². The molecule has 2 fully saturated rings. The number of anilines is 1. The van der Waals surface area contributed by atoms with Gasteiger partial charge in [0.25, 0.3) is 0 Å². The van der Waals surface area contributed by atoms with E-state index in [9.17, 15) is 19.5 Å². The molecular formula is C29H25N3O6. The molecule has 9 heteroatoms. The van der Waals surface area contributed by atoms with Gasteiger partial charge in [-0.05, 0) is 54.8 Å². The monoisotopic (exact) mass is 511 g/mol. The summed E-state index contributed by atoms with van der Waals surface area (Å²) in [7, 11) is 0. The number of hydrogen-bond donors (Lipinski definition) is 3. The van der Waals surface area contributed by atoms with Crippen LogP contribution in [0.5, 0.6) is 17.2 Å². The number of carbonyl (C=O) groups is 3. The normalized spacial score (nSPS) is 26.7. The van der Waals surface area contributed by atoms with Crippen LogP contribution in [0, 0.1) is 18.8 Å². The molecule has 4 atom stereocenters. The third kappa shape index (κ3) is 3.18. The zero-order valence-corrected chi connectivity index (χ0v) is 20.6. The largest absolute Gasteiger partial charge is 0.508 e. The second-order valence-electron chi connectivity index (χ2n) is 10.4. The van der Waals surface area contributed by atoms with Crippen molar-refractivity contribution in [2.24, 2.45) is 11.8 Å². The van der Waals surface area contributed by atoms with E-state index in [1.807, 2.05) is 31.2 Å². The molecule has 4 aliphatic rings. The standard InChI is InChI=1S/C29H25N3O6/c1-15-2-8-20-19(10-15)29(28(36)30-20)25-24(21(31-29)11-16-3-6-18(33)7-4-16)26(34)32(27(25)35)13-17-5-9-22-23(12-17)38-14-37-22/h2-10,12,21,24-25,31,33H,11,13-14H2,1H3,(H,30,36). The smallest absolute Gasteiger partial charge is 0.250 e. The highest BCUT2D eigenvalue weighted by Crippen LogP contribution is 2.53. The van der Waals surface area contributed by atoms with E-state index < -0.39 is 23.4 Å². The summed E-state index contributed by atoms with van der Waals surface area (Å²) >= 11 is 0. The summed E-state index contributed by atoms with van der Waals surface area (Å²) in [6.45, 7) is 2.14. The van der Waals surface area contributed by atoms with Crippen LogP contribution in [0.2, 0.25) is 0 Å². The number of rotatable bonds is 4. The second-order valence-corrected chi connectivity index (χ2v) is 10.4. The van der Waals surface area contributed by atoms with E-state index in [2.05, 4.69) is 10.6 Å². The van der Waals surface area contributed by atoms with Crippen molar-refractivity contribution < 1.29 is 29.0 Å². The van der Waals surface area contributed by atoms with E-state index in [4.69, 9.17) is 9.47 Å². The van der Waals surface area contributed by atoms with Gasteiger partial charge in [-0.1, -0.05) is 35.9 Å². The second kappa shape index (κ2) is 8.06. The fourth-order valence-electron chi connectivity index (χ4n) is 6.41. The summed E-state index contributed by atoms with van der Waals surface area (Å²) in [5, 5.41) is 16.1. The van der Waals surface area contributed by atoms with Gasteiger partial charge in [0.05, 0.1) is 18.4 Å². The first-order chi connectivity index (χ1) is 18.3. The van der Waals surface area contributed by atoms with E-state index in [1.54, 1.807) is 36.4 Å². The Hall–Kier alpha value is -4.37. The summed E-state index contributed by atoms with van der Waals surface area (Å²) in [5.74, 6) is -1.29. The number of carbonyl (C=O) groups excluding carboxylic acids is 3. The Morgan fingerprint density at radius 2 is 1.71 bits per heavy atom. The molecule has 0 radical (unpaired) electrons. The minimum atomic E-state index is -1.36. The molecule has 0 aliphatic carbocycles. The van der Waals surface area contributed by atoms with Crippen LogP contribution in [0.1, 0.15) is 22.3 Å². The van der Waals surface area contributed by atoms with Crippen LogP contribution in [0.4, 0.5) is 5.69 Å². The number of likely N-dealkylation sites (tertiary alicyclic amines) is 1. The Balaban J connectivity index is 1.30. The highest BCUT2D eigenvalue weighted by molar-refractivity contribution is 6.15. The number of aryl methyl sites for hydroxylation is 1. The topological polar surface area (TPSA) is 117 Å². The number of ether oxygens (including phenoxy) is 2. The minimum Gasteiger partial charge on any atom is -0.508 e. The van der Waals surface area contributed by atoms with Gasteiger partial charge in [-0.15, -0.1) is 0 Å². The Bertz CT molecular complexity index is 1520. The van der Waals surface area contributed by atoms with Gasteiger partial charge < -0.3 is 19.9 Å². The van der Waals surface area contributed by atoms with Crippen molar-refractivity contribution in [3.8, 4) is 17.2 Å². The highest BCUT2D eigenvalue weighted by Gasteiger charge is 2.70. The average Bonchev–Trinajstić information content (AvgIpc) is 3.63. The molecule has 2 saturated heterocycles. The molecule has 38 heavy (non-hydrogen) atoms. The molecular weight excluding hydrogens is 486 g/mol. The van der Waals surface area contributed by atoms with Crippen LogP contribution in [0.15, 0.2) is 60.7 Å². The lowest BCUT2D eigenvalue weighted by atomic mass is 9.76. The van der Waals surface area contributed by atoms with Gasteiger partial charge in [-0.3, -0.25) is 24.6 Å². The molecule has 3 amide bonds. The van der Waals surface area contributed by atoms with Gasteiger partial charge in [0, 0.05) is 17.3 Å². The van der Waals surface area contributed by atoms with Gasteiger partial charge in [0.15, 0.2) is 11.5 Å². The van der Waals surface area contributed by atoms with Crippen molar-refractivity contribution >= 4 is 23.4 Å². The van der Waals surface area contributed by atoms with Crippen molar-refractivity contribution in [1.82, 2.24) is 10.2 Å². The SMILES string of the molecule is Cc1ccc2c(c1)C1(NC(Cc3ccc(O)cc3)C3C(=O)N(Cc4ccc5c(c4)OCO5)C(=O)C31)C(=O)N2. The number of nitrogens with one attached hydrogen (secondary N) is 2. The van der Waals surface area contributed by atoms with E-state index in [-0.39, 0.29) is 36.8 Å². The number of hydrogen-bond acceptors (Lipinski definition) is 7. The molecule has 3 aromatic carbocycles. The lowest BCUT2D eigenvalue weighted by Gasteiger charge is -2.29. The Kier molecular flexibility index (Phi) is 4.84. The lowest BCUT2D eigenvalue weighted by Crippen LogP contribution is -2.53. The molecule has 3 N–H and O–H groups in total. The van der Waals surface area contributed by atoms with Crippen molar-refractivity contribution in [3.63, 3.8) is 0 Å². The summed E-state index contributed by atoms with van der Waals surface area (Å²) in [6.07, 6.45) is 0.411. The number of fused-ring (bicyclic) bond motifs is 5. The van der Waals surface area contributed by atoms with E-state index in [0.29, 0.717) is 29.2 Å². The maximum absolute atomic E-state index is 14.1. The molecule has 4 unspecified atom stereocenters. The van der Waals surface area contributed by atoms with Crippen LogP contribution in [-0.2, 0) is 32.9 Å². The number of amides is 3. The number of benzene rings is 3. The molecule has 4 aliphatic heterocycles. The Labute approximate surface area is 218 Å². The maximum atomic E-state index is 14.1. The van der Waals surface area contributed by atoms with Crippen molar-refractivity contribution in [1.29, 1.82) is 0 Å². The minimum absolute atomic E-state index is 0.0750. The quantitative estimate of drug-likeness (QED) is 0.461. The van der Waals surface area contributed by atoms with Crippen molar-refractivity contribution in [3.05, 3.63) is 82.9 Å². The van der Waals surface area contributed by atoms with Gasteiger partial charge >= 0.3 is 0 Å². The zero-order chi connectivity index (χ0) is 26.2. The first-order valence-electron chi connectivity index (χ1n) is 12.6. The van der Waals surface area contributed by atoms with Gasteiger partial charge in [0.2, 0.25) is 24.5 Å². The fourth-order valence-corrected chi connectivity index (χ4v) is 6.41. The van der Waals surface area contributed by atoms with Crippen LogP contribution >= 0.6 is 0 Å². The molecule has 1 spiro atoms. The van der Waals surface area contributed by atoms with Crippen LogP contribution < -0.4 is 20.1 Å².